The van der Waals surface area contributed by atoms with E-state index in [4.69, 9.17) is 11.6 Å². The van der Waals surface area contributed by atoms with Gasteiger partial charge in [-0.3, -0.25) is 0 Å². The Morgan fingerprint density at radius 1 is 1.27 bits per heavy atom. The van der Waals surface area contributed by atoms with Crippen molar-refractivity contribution in [3.8, 4) is 0 Å². The molecule has 0 heterocycles. The first-order valence-electron chi connectivity index (χ1n) is 5.86. The smallest absolute Gasteiger partial charge is 0.0313 e. The third-order valence-electron chi connectivity index (χ3n) is 2.74. The van der Waals surface area contributed by atoms with Gasteiger partial charge in [-0.25, -0.2) is 0 Å². The van der Waals surface area contributed by atoms with Crippen LogP contribution < -0.4 is 0 Å². The number of hydrogen-bond donors (Lipinski definition) is 0. The average Bonchev–Trinajstić information content (AvgIpc) is 2.17. The van der Waals surface area contributed by atoms with Crippen molar-refractivity contribution in [2.24, 2.45) is 0 Å². The molecule has 1 rings (SSSR count). The molecule has 0 aromatic heterocycles. The quantitative estimate of drug-likeness (QED) is 0.633. The first-order chi connectivity index (χ1) is 7.13. The maximum atomic E-state index is 6.02. The molecule has 0 bridgehead atoms. The van der Waals surface area contributed by atoms with Gasteiger partial charge >= 0.3 is 0 Å². The van der Waals surface area contributed by atoms with E-state index in [0.717, 1.165) is 6.42 Å². The highest BCUT2D eigenvalue weighted by molar-refractivity contribution is 6.20. The molecular formula is C14H21Cl. The standard InChI is InChI=1S/C14H21Cl/c1-4-6-13-7-5-8-14(10-13)11(2)9-12(3)15/h5,7-8,10-12H,4,6,9H2,1-3H3. The molecule has 0 radical (unpaired) electrons. The van der Waals surface area contributed by atoms with E-state index in [0.29, 0.717) is 5.92 Å². The molecule has 15 heavy (non-hydrogen) atoms. The summed E-state index contributed by atoms with van der Waals surface area (Å²) in [5.41, 5.74) is 2.87. The zero-order chi connectivity index (χ0) is 11.3. The van der Waals surface area contributed by atoms with Crippen LogP contribution in [0.4, 0.5) is 0 Å². The van der Waals surface area contributed by atoms with Gasteiger partial charge in [-0.15, -0.1) is 11.6 Å². The first kappa shape index (κ1) is 12.6. The molecule has 0 aliphatic heterocycles. The molecule has 0 aliphatic carbocycles. The summed E-state index contributed by atoms with van der Waals surface area (Å²) >= 11 is 6.02. The van der Waals surface area contributed by atoms with Gasteiger partial charge in [0.05, 0.1) is 0 Å². The first-order valence-corrected chi connectivity index (χ1v) is 6.30. The van der Waals surface area contributed by atoms with Gasteiger partial charge < -0.3 is 0 Å². The molecule has 0 fully saturated rings. The van der Waals surface area contributed by atoms with Crippen LogP contribution in [0, 0.1) is 0 Å². The topological polar surface area (TPSA) is 0 Å². The summed E-state index contributed by atoms with van der Waals surface area (Å²) in [7, 11) is 0. The minimum absolute atomic E-state index is 0.259. The van der Waals surface area contributed by atoms with Gasteiger partial charge in [-0.05, 0) is 36.8 Å². The normalized spacial score (nSPS) is 14.9. The molecule has 0 spiro atoms. The lowest BCUT2D eigenvalue weighted by atomic mass is 9.94. The minimum atomic E-state index is 0.259. The molecule has 0 saturated carbocycles. The van der Waals surface area contributed by atoms with Crippen LogP contribution in [0.25, 0.3) is 0 Å². The van der Waals surface area contributed by atoms with Crippen molar-refractivity contribution in [3.63, 3.8) is 0 Å². The summed E-state index contributed by atoms with van der Waals surface area (Å²) in [5.74, 6) is 0.564. The fourth-order valence-electron chi connectivity index (χ4n) is 1.97. The van der Waals surface area contributed by atoms with E-state index < -0.39 is 0 Å². The zero-order valence-corrected chi connectivity index (χ0v) is 10.7. The van der Waals surface area contributed by atoms with Crippen LogP contribution in [0.2, 0.25) is 0 Å². The van der Waals surface area contributed by atoms with Crippen LogP contribution in [0.3, 0.4) is 0 Å². The third-order valence-corrected chi connectivity index (χ3v) is 2.92. The van der Waals surface area contributed by atoms with Crippen molar-refractivity contribution in [1.29, 1.82) is 0 Å². The highest BCUT2D eigenvalue weighted by atomic mass is 35.5. The fourth-order valence-corrected chi connectivity index (χ4v) is 2.23. The van der Waals surface area contributed by atoms with Crippen LogP contribution in [0.15, 0.2) is 24.3 Å². The van der Waals surface area contributed by atoms with Gasteiger partial charge in [0, 0.05) is 5.38 Å². The SMILES string of the molecule is CCCc1cccc(C(C)CC(C)Cl)c1. The second-order valence-corrected chi connectivity index (χ2v) is 5.16. The summed E-state index contributed by atoms with van der Waals surface area (Å²) in [6.07, 6.45) is 3.44. The molecule has 0 saturated heterocycles. The lowest BCUT2D eigenvalue weighted by molar-refractivity contribution is 0.669. The molecule has 1 aromatic carbocycles. The largest absolute Gasteiger partial charge is 0.123 e. The predicted octanol–water partition coefficient (Wildman–Crippen LogP) is 4.76. The van der Waals surface area contributed by atoms with Gasteiger partial charge in [-0.1, -0.05) is 44.5 Å². The Balaban J connectivity index is 2.71. The Labute approximate surface area is 98.7 Å². The number of hydrogen-bond acceptors (Lipinski definition) is 0. The van der Waals surface area contributed by atoms with Crippen LogP contribution in [-0.4, -0.2) is 5.38 Å². The van der Waals surface area contributed by atoms with E-state index in [1.165, 1.54) is 24.0 Å². The minimum Gasteiger partial charge on any atom is -0.123 e. The monoisotopic (exact) mass is 224 g/mol. The summed E-state index contributed by atoms with van der Waals surface area (Å²) < 4.78 is 0. The number of halogens is 1. The second-order valence-electron chi connectivity index (χ2n) is 4.41. The molecule has 2 atom stereocenters. The molecule has 2 unspecified atom stereocenters. The molecule has 0 nitrogen and oxygen atoms in total. The van der Waals surface area contributed by atoms with Gasteiger partial charge in [0.1, 0.15) is 0 Å². The van der Waals surface area contributed by atoms with E-state index in [1.807, 2.05) is 0 Å². The zero-order valence-electron chi connectivity index (χ0n) is 9.96. The Kier molecular flexibility index (Phi) is 5.17. The number of benzene rings is 1. The Morgan fingerprint density at radius 2 is 2.00 bits per heavy atom. The molecule has 0 aliphatic rings. The van der Waals surface area contributed by atoms with E-state index in [2.05, 4.69) is 45.0 Å². The van der Waals surface area contributed by atoms with Crippen molar-refractivity contribution < 1.29 is 0 Å². The lowest BCUT2D eigenvalue weighted by Gasteiger charge is -2.14. The van der Waals surface area contributed by atoms with E-state index >= 15 is 0 Å². The van der Waals surface area contributed by atoms with Crippen molar-refractivity contribution in [2.75, 3.05) is 0 Å². The molecule has 1 heteroatoms. The Hall–Kier alpha value is -0.490. The fraction of sp³-hybridized carbons (Fsp3) is 0.571. The van der Waals surface area contributed by atoms with Crippen molar-refractivity contribution in [2.45, 2.75) is 51.3 Å². The van der Waals surface area contributed by atoms with Gasteiger partial charge in [0.2, 0.25) is 0 Å². The number of alkyl halides is 1. The Bertz CT molecular complexity index is 291. The van der Waals surface area contributed by atoms with Crippen molar-refractivity contribution in [3.05, 3.63) is 35.4 Å². The maximum Gasteiger partial charge on any atom is 0.0313 e. The average molecular weight is 225 g/mol. The second kappa shape index (κ2) is 6.17. The summed E-state index contributed by atoms with van der Waals surface area (Å²) in [6, 6.07) is 8.91. The molecule has 0 amide bonds. The van der Waals surface area contributed by atoms with Crippen LogP contribution in [0.5, 0.6) is 0 Å². The van der Waals surface area contributed by atoms with E-state index in [1.54, 1.807) is 0 Å². The number of rotatable bonds is 5. The number of aryl methyl sites for hydroxylation is 1. The molecule has 1 aromatic rings. The van der Waals surface area contributed by atoms with Gasteiger partial charge in [0.15, 0.2) is 0 Å². The predicted molar refractivity (Wildman–Crippen MR) is 68.8 cm³/mol. The highest BCUT2D eigenvalue weighted by Crippen LogP contribution is 2.23. The molecule has 84 valence electrons. The Morgan fingerprint density at radius 3 is 2.60 bits per heavy atom. The van der Waals surface area contributed by atoms with Crippen LogP contribution in [0.1, 0.15) is 50.7 Å². The van der Waals surface area contributed by atoms with Gasteiger partial charge in [-0.2, -0.15) is 0 Å². The highest BCUT2D eigenvalue weighted by Gasteiger charge is 2.08. The van der Waals surface area contributed by atoms with Crippen LogP contribution in [-0.2, 0) is 6.42 Å². The summed E-state index contributed by atoms with van der Waals surface area (Å²) in [4.78, 5) is 0. The van der Waals surface area contributed by atoms with Crippen molar-refractivity contribution in [1.82, 2.24) is 0 Å². The lowest BCUT2D eigenvalue weighted by Crippen LogP contribution is -2.01. The van der Waals surface area contributed by atoms with E-state index in [-0.39, 0.29) is 5.38 Å². The third kappa shape index (κ3) is 4.25. The van der Waals surface area contributed by atoms with E-state index in [9.17, 15) is 0 Å². The molecule has 0 N–H and O–H groups in total. The molecular weight excluding hydrogens is 204 g/mol. The summed E-state index contributed by atoms with van der Waals surface area (Å²) in [5, 5.41) is 0.259. The van der Waals surface area contributed by atoms with Crippen molar-refractivity contribution >= 4 is 11.6 Å². The maximum absolute atomic E-state index is 6.02. The van der Waals surface area contributed by atoms with Crippen LogP contribution >= 0.6 is 11.6 Å². The van der Waals surface area contributed by atoms with Gasteiger partial charge in [0.25, 0.3) is 0 Å². The summed E-state index contributed by atoms with van der Waals surface area (Å²) in [6.45, 7) is 6.54.